The lowest BCUT2D eigenvalue weighted by molar-refractivity contribution is -0.205. The van der Waals surface area contributed by atoms with Crippen molar-refractivity contribution in [2.24, 2.45) is 11.8 Å². The van der Waals surface area contributed by atoms with Gasteiger partial charge in [-0.2, -0.15) is 0 Å². The number of rotatable bonds is 7. The van der Waals surface area contributed by atoms with Crippen molar-refractivity contribution in [3.05, 3.63) is 58.4 Å². The monoisotopic (exact) mass is 480 g/mol. The molecule has 0 bridgehead atoms. The molecule has 6 heteroatoms. The molecule has 2 fully saturated rings. The van der Waals surface area contributed by atoms with Crippen LogP contribution < -0.4 is 0 Å². The fourth-order valence-electron chi connectivity index (χ4n) is 5.24. The van der Waals surface area contributed by atoms with Gasteiger partial charge in [0, 0.05) is 11.5 Å². The molecule has 1 heterocycles. The summed E-state index contributed by atoms with van der Waals surface area (Å²) in [5.74, 6) is -1.07. The Morgan fingerprint density at radius 2 is 1.55 bits per heavy atom. The summed E-state index contributed by atoms with van der Waals surface area (Å²) < 4.78 is 53.6. The zero-order chi connectivity index (χ0) is 23.4. The highest BCUT2D eigenvalue weighted by molar-refractivity contribution is 6.33. The van der Waals surface area contributed by atoms with Gasteiger partial charge in [0.2, 0.25) is 0 Å². The van der Waals surface area contributed by atoms with Crippen LogP contribution in [0.2, 0.25) is 5.02 Å². The van der Waals surface area contributed by atoms with Crippen LogP contribution in [0.15, 0.2) is 30.3 Å². The molecule has 0 amide bonds. The van der Waals surface area contributed by atoms with E-state index in [-0.39, 0.29) is 28.4 Å². The Hall–Kier alpha value is -1.56. The van der Waals surface area contributed by atoms with Gasteiger partial charge in [0.25, 0.3) is 0 Å². The van der Waals surface area contributed by atoms with Crippen LogP contribution in [0.5, 0.6) is 0 Å². The summed E-state index contributed by atoms with van der Waals surface area (Å²) in [5, 5.41) is 0.228. The number of ether oxygens (including phenoxy) is 2. The van der Waals surface area contributed by atoms with Gasteiger partial charge in [-0.1, -0.05) is 31.0 Å². The van der Waals surface area contributed by atoms with E-state index in [1.807, 2.05) is 0 Å². The van der Waals surface area contributed by atoms with Crippen LogP contribution in [-0.4, -0.2) is 19.5 Å². The first kappa shape index (κ1) is 24.6. The number of benzene rings is 2. The molecule has 180 valence electrons. The van der Waals surface area contributed by atoms with Gasteiger partial charge in [0.05, 0.1) is 18.2 Å². The quantitative estimate of drug-likeness (QED) is 0.397. The van der Waals surface area contributed by atoms with Gasteiger partial charge in [-0.3, -0.25) is 0 Å². The zero-order valence-electron chi connectivity index (χ0n) is 19.1. The van der Waals surface area contributed by atoms with Crippen LogP contribution in [0.1, 0.15) is 69.8 Å². The van der Waals surface area contributed by atoms with Crippen LogP contribution >= 0.6 is 11.6 Å². The predicted molar refractivity (Wildman–Crippen MR) is 125 cm³/mol. The van der Waals surface area contributed by atoms with Crippen molar-refractivity contribution in [1.29, 1.82) is 0 Å². The van der Waals surface area contributed by atoms with E-state index in [1.54, 1.807) is 6.07 Å². The van der Waals surface area contributed by atoms with Gasteiger partial charge >= 0.3 is 0 Å². The summed E-state index contributed by atoms with van der Waals surface area (Å²) >= 11 is 6.39. The van der Waals surface area contributed by atoms with Crippen LogP contribution in [0, 0.1) is 29.3 Å². The summed E-state index contributed by atoms with van der Waals surface area (Å²) in [6, 6.07) is 6.60. The molecule has 4 rings (SSSR count). The average molecular weight is 481 g/mol. The summed E-state index contributed by atoms with van der Waals surface area (Å²) in [4.78, 5) is 0. The molecule has 1 aliphatic heterocycles. The van der Waals surface area contributed by atoms with Gasteiger partial charge in [0.15, 0.2) is 17.9 Å². The molecule has 1 saturated heterocycles. The fraction of sp³-hybridized carbons (Fsp3) is 0.556. The van der Waals surface area contributed by atoms with Crippen LogP contribution in [-0.2, 0) is 9.47 Å². The Balaban J connectivity index is 1.30. The van der Waals surface area contributed by atoms with Gasteiger partial charge in [-0.25, -0.2) is 13.2 Å². The van der Waals surface area contributed by atoms with Crippen LogP contribution in [0.3, 0.4) is 0 Å². The van der Waals surface area contributed by atoms with Gasteiger partial charge in [0.1, 0.15) is 5.82 Å². The highest BCUT2D eigenvalue weighted by Gasteiger charge is 2.27. The maximum absolute atomic E-state index is 14.9. The Morgan fingerprint density at radius 3 is 2.18 bits per heavy atom. The van der Waals surface area contributed by atoms with Crippen LogP contribution in [0.4, 0.5) is 13.2 Å². The lowest BCUT2D eigenvalue weighted by atomic mass is 9.77. The SMILES string of the molecule is CCCC1COC(CCC2CCC(c3cc(F)c(-c4ccc(F)c(F)c4)c(Cl)c3)CC2)OC1. The number of hydrogen-bond donors (Lipinski definition) is 0. The lowest BCUT2D eigenvalue weighted by Gasteiger charge is -2.32. The van der Waals surface area contributed by atoms with E-state index in [1.165, 1.54) is 12.1 Å². The second kappa shape index (κ2) is 11.2. The van der Waals surface area contributed by atoms with Crippen LogP contribution in [0.25, 0.3) is 11.1 Å². The molecule has 0 atom stereocenters. The maximum Gasteiger partial charge on any atom is 0.159 e. The normalized spacial score (nSPS) is 25.8. The summed E-state index contributed by atoms with van der Waals surface area (Å²) in [5.41, 5.74) is 1.23. The first-order chi connectivity index (χ1) is 15.9. The van der Waals surface area contributed by atoms with Crippen molar-refractivity contribution in [1.82, 2.24) is 0 Å². The summed E-state index contributed by atoms with van der Waals surface area (Å²) in [7, 11) is 0. The van der Waals surface area contributed by atoms with Crippen molar-refractivity contribution < 1.29 is 22.6 Å². The molecule has 2 aromatic rings. The Kier molecular flexibility index (Phi) is 8.37. The second-order valence-corrected chi connectivity index (χ2v) is 9.94. The van der Waals surface area contributed by atoms with Gasteiger partial charge < -0.3 is 9.47 Å². The first-order valence-electron chi connectivity index (χ1n) is 12.1. The van der Waals surface area contributed by atoms with E-state index in [9.17, 15) is 13.2 Å². The molecule has 33 heavy (non-hydrogen) atoms. The molecular formula is C27H32ClF3O2. The van der Waals surface area contributed by atoms with Crippen molar-refractivity contribution in [3.63, 3.8) is 0 Å². The van der Waals surface area contributed by atoms with E-state index in [4.69, 9.17) is 21.1 Å². The number of hydrogen-bond acceptors (Lipinski definition) is 2. The number of halogens is 4. The molecule has 1 aliphatic carbocycles. The molecule has 2 nitrogen and oxygen atoms in total. The fourth-order valence-corrected chi connectivity index (χ4v) is 5.56. The molecule has 0 radical (unpaired) electrons. The van der Waals surface area contributed by atoms with E-state index in [0.29, 0.717) is 11.8 Å². The molecule has 0 N–H and O–H groups in total. The Morgan fingerprint density at radius 1 is 0.818 bits per heavy atom. The van der Waals surface area contributed by atoms with E-state index < -0.39 is 17.5 Å². The highest BCUT2D eigenvalue weighted by Crippen LogP contribution is 2.41. The third-order valence-electron chi connectivity index (χ3n) is 7.13. The van der Waals surface area contributed by atoms with Crippen molar-refractivity contribution in [3.8, 4) is 11.1 Å². The predicted octanol–water partition coefficient (Wildman–Crippen LogP) is 8.27. The average Bonchev–Trinajstić information content (AvgIpc) is 2.81. The molecule has 0 spiro atoms. The lowest BCUT2D eigenvalue weighted by Crippen LogP contribution is -2.32. The minimum atomic E-state index is -1.02. The maximum atomic E-state index is 14.9. The summed E-state index contributed by atoms with van der Waals surface area (Å²) in [6.07, 6.45) is 8.38. The molecular weight excluding hydrogens is 449 g/mol. The molecule has 2 aliphatic rings. The Labute approximate surface area is 199 Å². The van der Waals surface area contributed by atoms with Crippen molar-refractivity contribution in [2.75, 3.05) is 13.2 Å². The highest BCUT2D eigenvalue weighted by atomic mass is 35.5. The largest absolute Gasteiger partial charge is 0.352 e. The van der Waals surface area contributed by atoms with E-state index >= 15 is 0 Å². The smallest absolute Gasteiger partial charge is 0.159 e. The minimum absolute atomic E-state index is 0.0763. The molecule has 0 aromatic heterocycles. The first-order valence-corrected chi connectivity index (χ1v) is 12.5. The van der Waals surface area contributed by atoms with Gasteiger partial charge in [-0.15, -0.1) is 0 Å². The van der Waals surface area contributed by atoms with Gasteiger partial charge in [-0.05, 0) is 92.2 Å². The van der Waals surface area contributed by atoms with Crippen molar-refractivity contribution in [2.45, 2.75) is 70.5 Å². The van der Waals surface area contributed by atoms with Crippen molar-refractivity contribution >= 4 is 11.6 Å². The molecule has 2 aromatic carbocycles. The van der Waals surface area contributed by atoms with E-state index in [2.05, 4.69) is 6.92 Å². The topological polar surface area (TPSA) is 18.5 Å². The van der Waals surface area contributed by atoms with E-state index in [0.717, 1.165) is 82.3 Å². The molecule has 0 unspecified atom stereocenters. The minimum Gasteiger partial charge on any atom is -0.352 e. The summed E-state index contributed by atoms with van der Waals surface area (Å²) in [6.45, 7) is 3.79. The standard InChI is InChI=1S/C27H32ClF3O2/c1-2-3-18-15-32-26(33-16-18)11-6-17-4-7-19(8-5-17)21-12-22(28)27(25(31)14-21)20-9-10-23(29)24(30)13-20/h9-10,12-14,17-19,26H,2-8,11,15-16H2,1H3. The molecule has 1 saturated carbocycles. The third-order valence-corrected chi connectivity index (χ3v) is 7.43. The third kappa shape index (κ3) is 6.12. The second-order valence-electron chi connectivity index (χ2n) is 9.53. The zero-order valence-corrected chi connectivity index (χ0v) is 19.9. The Bertz CT molecular complexity index is 912.